The summed E-state index contributed by atoms with van der Waals surface area (Å²) >= 11 is 0. The zero-order valence-corrected chi connectivity index (χ0v) is 11.8. The molecule has 0 fully saturated rings. The number of halogens is 2. The van der Waals surface area contributed by atoms with Gasteiger partial charge < -0.3 is 10.4 Å². The van der Waals surface area contributed by atoms with Gasteiger partial charge in [0.1, 0.15) is 17.7 Å². The van der Waals surface area contributed by atoms with E-state index in [0.717, 1.165) is 6.07 Å². The quantitative estimate of drug-likeness (QED) is 0.896. The van der Waals surface area contributed by atoms with Gasteiger partial charge in [0.15, 0.2) is 0 Å². The van der Waals surface area contributed by atoms with Crippen LogP contribution in [0, 0.1) is 24.0 Å². The van der Waals surface area contributed by atoms with Gasteiger partial charge in [-0.2, -0.15) is 0 Å². The van der Waals surface area contributed by atoms with Crippen LogP contribution >= 0.6 is 0 Å². The molecule has 1 amide bonds. The average Bonchev–Trinajstić information content (AvgIpc) is 2.28. The summed E-state index contributed by atoms with van der Waals surface area (Å²) in [6.07, 6.45) is 0. The van der Waals surface area contributed by atoms with Crippen LogP contribution in [0.5, 0.6) is 0 Å². The second kappa shape index (κ2) is 5.56. The van der Waals surface area contributed by atoms with E-state index in [9.17, 15) is 18.4 Å². The summed E-state index contributed by atoms with van der Waals surface area (Å²) in [6.45, 7) is 6.30. The standard InChI is InChI=1S/C14H17F2NO3/c1-7-5-8(10(16)6-9(7)15)12(18)17-11(13(19)20)14(2,3)4/h5-6,11H,1-4H3,(H,17,18)(H,19,20)/t11-/m0/s1. The SMILES string of the molecule is Cc1cc(C(=O)N[C@@H](C(=O)O)C(C)(C)C)c(F)cc1F. The molecule has 110 valence electrons. The minimum atomic E-state index is -1.22. The molecule has 6 heteroatoms. The molecular weight excluding hydrogens is 268 g/mol. The third-order valence-electron chi connectivity index (χ3n) is 2.88. The Morgan fingerprint density at radius 3 is 2.20 bits per heavy atom. The van der Waals surface area contributed by atoms with E-state index in [2.05, 4.69) is 5.32 Å². The third kappa shape index (κ3) is 3.53. The van der Waals surface area contributed by atoms with Crippen LogP contribution in [0.1, 0.15) is 36.7 Å². The lowest BCUT2D eigenvalue weighted by Crippen LogP contribution is -2.49. The van der Waals surface area contributed by atoms with Crippen LogP contribution < -0.4 is 5.32 Å². The Bertz CT molecular complexity index is 550. The van der Waals surface area contributed by atoms with Crippen molar-refractivity contribution in [3.05, 3.63) is 34.9 Å². The van der Waals surface area contributed by atoms with E-state index < -0.39 is 35.0 Å². The number of carboxylic acids is 1. The number of hydrogen-bond donors (Lipinski definition) is 2. The predicted molar refractivity (Wildman–Crippen MR) is 69.4 cm³/mol. The molecule has 1 aromatic rings. The Morgan fingerprint density at radius 1 is 1.20 bits per heavy atom. The summed E-state index contributed by atoms with van der Waals surface area (Å²) < 4.78 is 26.7. The predicted octanol–water partition coefficient (Wildman–Crippen LogP) is 2.50. The van der Waals surface area contributed by atoms with Crippen LogP contribution in [0.2, 0.25) is 0 Å². The lowest BCUT2D eigenvalue weighted by Gasteiger charge is -2.27. The van der Waals surface area contributed by atoms with Crippen LogP contribution in [0.25, 0.3) is 0 Å². The highest BCUT2D eigenvalue weighted by Crippen LogP contribution is 2.21. The molecule has 0 saturated heterocycles. The van der Waals surface area contributed by atoms with Crippen molar-refractivity contribution >= 4 is 11.9 Å². The smallest absolute Gasteiger partial charge is 0.326 e. The number of carboxylic acid groups (broad SMARTS) is 1. The van der Waals surface area contributed by atoms with Gasteiger partial charge in [0.05, 0.1) is 5.56 Å². The molecule has 0 radical (unpaired) electrons. The van der Waals surface area contributed by atoms with Gasteiger partial charge in [-0.05, 0) is 24.0 Å². The van der Waals surface area contributed by atoms with Crippen LogP contribution in [0.15, 0.2) is 12.1 Å². The van der Waals surface area contributed by atoms with E-state index >= 15 is 0 Å². The highest BCUT2D eigenvalue weighted by molar-refractivity contribution is 5.97. The molecule has 0 aliphatic carbocycles. The molecule has 1 aromatic carbocycles. The maximum absolute atomic E-state index is 13.6. The molecule has 0 heterocycles. The molecule has 0 aromatic heterocycles. The Balaban J connectivity index is 3.07. The van der Waals surface area contributed by atoms with Crippen LogP contribution in [-0.4, -0.2) is 23.0 Å². The second-order valence-corrected chi connectivity index (χ2v) is 5.69. The minimum Gasteiger partial charge on any atom is -0.480 e. The van der Waals surface area contributed by atoms with Crippen molar-refractivity contribution in [3.8, 4) is 0 Å². The minimum absolute atomic E-state index is 0.110. The molecule has 0 bridgehead atoms. The Morgan fingerprint density at radius 2 is 1.75 bits per heavy atom. The van der Waals surface area contributed by atoms with Gasteiger partial charge in [0, 0.05) is 6.07 Å². The van der Waals surface area contributed by atoms with Crippen molar-refractivity contribution in [1.29, 1.82) is 0 Å². The number of carbonyl (C=O) groups is 2. The monoisotopic (exact) mass is 285 g/mol. The molecular formula is C14H17F2NO3. The number of benzene rings is 1. The first kappa shape index (κ1) is 16.1. The first-order valence-corrected chi connectivity index (χ1v) is 6.03. The average molecular weight is 285 g/mol. The normalized spacial score (nSPS) is 12.9. The maximum Gasteiger partial charge on any atom is 0.326 e. The van der Waals surface area contributed by atoms with E-state index in [1.54, 1.807) is 20.8 Å². The van der Waals surface area contributed by atoms with E-state index in [1.807, 2.05) is 0 Å². The van der Waals surface area contributed by atoms with Crippen LogP contribution in [0.4, 0.5) is 8.78 Å². The third-order valence-corrected chi connectivity index (χ3v) is 2.88. The number of aryl methyl sites for hydroxylation is 1. The molecule has 1 atom stereocenters. The van der Waals surface area contributed by atoms with Crippen molar-refractivity contribution in [2.24, 2.45) is 5.41 Å². The second-order valence-electron chi connectivity index (χ2n) is 5.69. The maximum atomic E-state index is 13.6. The van der Waals surface area contributed by atoms with Gasteiger partial charge in [-0.1, -0.05) is 20.8 Å². The van der Waals surface area contributed by atoms with Gasteiger partial charge >= 0.3 is 5.97 Å². The number of rotatable bonds is 3. The molecule has 4 nitrogen and oxygen atoms in total. The summed E-state index contributed by atoms with van der Waals surface area (Å²) in [7, 11) is 0. The molecule has 0 unspecified atom stereocenters. The van der Waals surface area contributed by atoms with Gasteiger partial charge in [-0.3, -0.25) is 4.79 Å². The van der Waals surface area contributed by atoms with Crippen molar-refractivity contribution in [1.82, 2.24) is 5.32 Å². The van der Waals surface area contributed by atoms with Crippen LogP contribution in [0.3, 0.4) is 0 Å². The van der Waals surface area contributed by atoms with Gasteiger partial charge in [0.25, 0.3) is 5.91 Å². The van der Waals surface area contributed by atoms with Gasteiger partial charge in [0.2, 0.25) is 0 Å². The van der Waals surface area contributed by atoms with Gasteiger partial charge in [-0.25, -0.2) is 13.6 Å². The highest BCUT2D eigenvalue weighted by Gasteiger charge is 2.33. The van der Waals surface area contributed by atoms with E-state index in [0.29, 0.717) is 6.07 Å². The van der Waals surface area contributed by atoms with E-state index in [-0.39, 0.29) is 11.1 Å². The van der Waals surface area contributed by atoms with Crippen LogP contribution in [-0.2, 0) is 4.79 Å². The van der Waals surface area contributed by atoms with Gasteiger partial charge in [-0.15, -0.1) is 0 Å². The number of hydrogen-bond acceptors (Lipinski definition) is 2. The van der Waals surface area contributed by atoms with E-state index in [1.165, 1.54) is 6.92 Å². The highest BCUT2D eigenvalue weighted by atomic mass is 19.1. The molecule has 0 spiro atoms. The molecule has 2 N–H and O–H groups in total. The Labute approximate surface area is 115 Å². The zero-order valence-electron chi connectivity index (χ0n) is 11.8. The summed E-state index contributed by atoms with van der Waals surface area (Å²) in [4.78, 5) is 23.1. The summed E-state index contributed by atoms with van der Waals surface area (Å²) in [5, 5.41) is 11.4. The number of amides is 1. The molecule has 1 rings (SSSR count). The number of aliphatic carboxylic acids is 1. The van der Waals surface area contributed by atoms with Crippen molar-refractivity contribution < 1.29 is 23.5 Å². The Kier molecular flexibility index (Phi) is 4.47. The molecule has 20 heavy (non-hydrogen) atoms. The zero-order chi connectivity index (χ0) is 15.7. The number of carbonyl (C=O) groups excluding carboxylic acids is 1. The molecule has 0 aliphatic heterocycles. The Hall–Kier alpha value is -1.98. The fraction of sp³-hybridized carbons (Fsp3) is 0.429. The summed E-state index contributed by atoms with van der Waals surface area (Å²) in [5.41, 5.74) is -1.01. The summed E-state index contributed by atoms with van der Waals surface area (Å²) in [5.74, 6) is -3.88. The largest absolute Gasteiger partial charge is 0.480 e. The van der Waals surface area contributed by atoms with Crippen molar-refractivity contribution in [3.63, 3.8) is 0 Å². The number of nitrogens with one attached hydrogen (secondary N) is 1. The summed E-state index contributed by atoms with van der Waals surface area (Å²) in [6, 6.07) is 0.485. The van der Waals surface area contributed by atoms with Crippen molar-refractivity contribution in [2.75, 3.05) is 0 Å². The van der Waals surface area contributed by atoms with Crippen molar-refractivity contribution in [2.45, 2.75) is 33.7 Å². The first-order chi connectivity index (χ1) is 9.04. The molecule has 0 saturated carbocycles. The lowest BCUT2D eigenvalue weighted by atomic mass is 9.86. The van der Waals surface area contributed by atoms with E-state index in [4.69, 9.17) is 5.11 Å². The molecule has 0 aliphatic rings. The first-order valence-electron chi connectivity index (χ1n) is 6.03. The topological polar surface area (TPSA) is 66.4 Å². The lowest BCUT2D eigenvalue weighted by molar-refractivity contribution is -0.142. The fourth-order valence-electron chi connectivity index (χ4n) is 1.69. The fourth-order valence-corrected chi connectivity index (χ4v) is 1.69.